The first-order valence-electron chi connectivity index (χ1n) is 9.90. The Kier molecular flexibility index (Phi) is 6.42. The average molecular weight is 356 g/mol. The molecule has 1 aromatic carbocycles. The van der Waals surface area contributed by atoms with Crippen LogP contribution < -0.4 is 0 Å². The molecule has 0 atom stereocenters. The molecule has 140 valence electrons. The van der Waals surface area contributed by atoms with Crippen LogP contribution in [0, 0.1) is 10.1 Å². The standard InChI is InChI=1S/C21H28N2O3/c24-21(16-13-17-11-14-20(15-12-17)23(25)26)22(18-7-3-1-4-8-18)19-9-5-2-6-10-19/h11-16,18-19H,1-10H2/b16-13+. The molecule has 0 unspecified atom stereocenters. The molecule has 1 aromatic rings. The number of benzene rings is 1. The maximum Gasteiger partial charge on any atom is 0.269 e. The molecule has 2 saturated carbocycles. The summed E-state index contributed by atoms with van der Waals surface area (Å²) in [6.45, 7) is 0. The van der Waals surface area contributed by atoms with Gasteiger partial charge in [0.25, 0.3) is 5.69 Å². The normalized spacial score (nSPS) is 19.5. The average Bonchev–Trinajstić information content (AvgIpc) is 2.68. The van der Waals surface area contributed by atoms with Crippen molar-refractivity contribution in [2.45, 2.75) is 76.3 Å². The van der Waals surface area contributed by atoms with Crippen molar-refractivity contribution < 1.29 is 9.72 Å². The Morgan fingerprint density at radius 3 is 1.88 bits per heavy atom. The van der Waals surface area contributed by atoms with E-state index in [0.717, 1.165) is 31.2 Å². The Hall–Kier alpha value is -2.17. The molecule has 0 N–H and O–H groups in total. The van der Waals surface area contributed by atoms with Gasteiger partial charge in [0, 0.05) is 30.3 Å². The molecule has 2 fully saturated rings. The molecule has 0 saturated heterocycles. The predicted octanol–water partition coefficient (Wildman–Crippen LogP) is 5.10. The van der Waals surface area contributed by atoms with Crippen molar-refractivity contribution in [1.29, 1.82) is 0 Å². The fourth-order valence-corrected chi connectivity index (χ4v) is 4.34. The van der Waals surface area contributed by atoms with Crippen molar-refractivity contribution in [3.05, 3.63) is 46.0 Å². The molecule has 3 rings (SSSR count). The van der Waals surface area contributed by atoms with E-state index in [0.29, 0.717) is 12.1 Å². The summed E-state index contributed by atoms with van der Waals surface area (Å²) in [6, 6.07) is 7.08. The van der Waals surface area contributed by atoms with Gasteiger partial charge in [-0.15, -0.1) is 0 Å². The third-order valence-electron chi connectivity index (χ3n) is 5.71. The van der Waals surface area contributed by atoms with Crippen molar-refractivity contribution in [2.24, 2.45) is 0 Å². The summed E-state index contributed by atoms with van der Waals surface area (Å²) in [5, 5.41) is 10.7. The van der Waals surface area contributed by atoms with Crippen molar-refractivity contribution in [3.63, 3.8) is 0 Å². The molecular weight excluding hydrogens is 328 g/mol. The SMILES string of the molecule is O=C(/C=C/c1ccc([N+](=O)[O-])cc1)N(C1CCCCC1)C1CCCCC1. The fourth-order valence-electron chi connectivity index (χ4n) is 4.34. The Labute approximate surface area is 155 Å². The Morgan fingerprint density at radius 2 is 1.42 bits per heavy atom. The topological polar surface area (TPSA) is 63.4 Å². The molecule has 2 aliphatic carbocycles. The molecule has 0 spiro atoms. The highest BCUT2D eigenvalue weighted by molar-refractivity contribution is 5.92. The quantitative estimate of drug-likeness (QED) is 0.419. The molecule has 26 heavy (non-hydrogen) atoms. The van der Waals surface area contributed by atoms with Crippen LogP contribution in [0.4, 0.5) is 5.69 Å². The number of nitro groups is 1. The van der Waals surface area contributed by atoms with Gasteiger partial charge in [-0.25, -0.2) is 0 Å². The summed E-state index contributed by atoms with van der Waals surface area (Å²) in [4.78, 5) is 25.5. The number of nitro benzene ring substituents is 1. The second-order valence-corrected chi connectivity index (χ2v) is 7.51. The van der Waals surface area contributed by atoms with Crippen LogP contribution in [0.15, 0.2) is 30.3 Å². The smallest absolute Gasteiger partial charge is 0.269 e. The van der Waals surface area contributed by atoms with Gasteiger partial charge in [-0.2, -0.15) is 0 Å². The van der Waals surface area contributed by atoms with E-state index in [1.165, 1.54) is 50.7 Å². The maximum absolute atomic E-state index is 13.0. The number of nitrogens with zero attached hydrogens (tertiary/aromatic N) is 2. The molecule has 0 aliphatic heterocycles. The van der Waals surface area contributed by atoms with E-state index in [4.69, 9.17) is 0 Å². The number of carbonyl (C=O) groups is 1. The first-order chi connectivity index (χ1) is 12.6. The molecule has 0 aromatic heterocycles. The van der Waals surface area contributed by atoms with Gasteiger partial charge in [0.15, 0.2) is 0 Å². The third kappa shape index (κ3) is 4.71. The van der Waals surface area contributed by atoms with E-state index in [9.17, 15) is 14.9 Å². The highest BCUT2D eigenvalue weighted by atomic mass is 16.6. The largest absolute Gasteiger partial charge is 0.333 e. The van der Waals surface area contributed by atoms with E-state index < -0.39 is 4.92 Å². The van der Waals surface area contributed by atoms with Crippen LogP contribution >= 0.6 is 0 Å². The first-order valence-corrected chi connectivity index (χ1v) is 9.90. The molecule has 5 nitrogen and oxygen atoms in total. The Balaban J connectivity index is 1.72. The third-order valence-corrected chi connectivity index (χ3v) is 5.71. The van der Waals surface area contributed by atoms with Gasteiger partial charge in [0.2, 0.25) is 5.91 Å². The molecule has 0 bridgehead atoms. The zero-order valence-corrected chi connectivity index (χ0v) is 15.3. The predicted molar refractivity (Wildman–Crippen MR) is 103 cm³/mol. The van der Waals surface area contributed by atoms with Crippen LogP contribution in [0.25, 0.3) is 6.08 Å². The summed E-state index contributed by atoms with van der Waals surface area (Å²) in [5.74, 6) is 0.0992. The zero-order chi connectivity index (χ0) is 18.4. The molecule has 0 heterocycles. The summed E-state index contributed by atoms with van der Waals surface area (Å²) in [6.07, 6.45) is 15.3. The van der Waals surface area contributed by atoms with E-state index in [2.05, 4.69) is 4.90 Å². The molecular formula is C21H28N2O3. The second kappa shape index (κ2) is 8.97. The van der Waals surface area contributed by atoms with Crippen molar-refractivity contribution >= 4 is 17.7 Å². The number of amides is 1. The minimum absolute atomic E-state index is 0.0690. The lowest BCUT2D eigenvalue weighted by atomic mass is 9.88. The number of non-ortho nitro benzene ring substituents is 1. The van der Waals surface area contributed by atoms with Crippen molar-refractivity contribution in [2.75, 3.05) is 0 Å². The highest BCUT2D eigenvalue weighted by Gasteiger charge is 2.31. The Bertz CT molecular complexity index is 624. The minimum Gasteiger partial charge on any atom is -0.333 e. The number of carbonyl (C=O) groups excluding carboxylic acids is 1. The Morgan fingerprint density at radius 1 is 0.923 bits per heavy atom. The monoisotopic (exact) mass is 356 g/mol. The summed E-state index contributed by atoms with van der Waals surface area (Å²) >= 11 is 0. The molecule has 0 radical (unpaired) electrons. The maximum atomic E-state index is 13.0. The van der Waals surface area contributed by atoms with Gasteiger partial charge >= 0.3 is 0 Å². The van der Waals surface area contributed by atoms with Crippen molar-refractivity contribution in [3.8, 4) is 0 Å². The zero-order valence-electron chi connectivity index (χ0n) is 15.3. The van der Waals surface area contributed by atoms with Gasteiger partial charge in [-0.3, -0.25) is 14.9 Å². The van der Waals surface area contributed by atoms with E-state index in [-0.39, 0.29) is 11.6 Å². The van der Waals surface area contributed by atoms with Gasteiger partial charge in [-0.1, -0.05) is 38.5 Å². The van der Waals surface area contributed by atoms with Gasteiger partial charge in [0.1, 0.15) is 0 Å². The molecule has 5 heteroatoms. The summed E-state index contributed by atoms with van der Waals surface area (Å²) < 4.78 is 0. The fraction of sp³-hybridized carbons (Fsp3) is 0.571. The van der Waals surface area contributed by atoms with Gasteiger partial charge < -0.3 is 4.90 Å². The lowest BCUT2D eigenvalue weighted by Gasteiger charge is -2.41. The first kappa shape index (κ1) is 18.6. The van der Waals surface area contributed by atoms with Crippen LogP contribution in [0.3, 0.4) is 0 Å². The number of hydrogen-bond donors (Lipinski definition) is 0. The van der Waals surface area contributed by atoms with E-state index >= 15 is 0 Å². The van der Waals surface area contributed by atoms with E-state index in [1.807, 2.05) is 0 Å². The molecule has 2 aliphatic rings. The van der Waals surface area contributed by atoms with Crippen LogP contribution in [-0.2, 0) is 4.79 Å². The highest BCUT2D eigenvalue weighted by Crippen LogP contribution is 2.30. The molecule has 1 amide bonds. The lowest BCUT2D eigenvalue weighted by Crippen LogP contribution is -2.48. The van der Waals surface area contributed by atoms with Crippen LogP contribution in [0.2, 0.25) is 0 Å². The minimum atomic E-state index is -0.410. The van der Waals surface area contributed by atoms with Crippen LogP contribution in [0.5, 0.6) is 0 Å². The van der Waals surface area contributed by atoms with Crippen LogP contribution in [-0.4, -0.2) is 27.8 Å². The van der Waals surface area contributed by atoms with E-state index in [1.54, 1.807) is 24.3 Å². The van der Waals surface area contributed by atoms with Gasteiger partial charge in [0.05, 0.1) is 4.92 Å². The van der Waals surface area contributed by atoms with Crippen molar-refractivity contribution in [1.82, 2.24) is 4.90 Å². The lowest BCUT2D eigenvalue weighted by molar-refractivity contribution is -0.384. The van der Waals surface area contributed by atoms with Crippen LogP contribution in [0.1, 0.15) is 69.8 Å². The number of rotatable bonds is 5. The summed E-state index contributed by atoms with van der Waals surface area (Å²) in [7, 11) is 0. The summed E-state index contributed by atoms with van der Waals surface area (Å²) in [5.41, 5.74) is 0.885. The van der Waals surface area contributed by atoms with Gasteiger partial charge in [-0.05, 0) is 49.5 Å². The second-order valence-electron chi connectivity index (χ2n) is 7.51. The number of hydrogen-bond acceptors (Lipinski definition) is 3.